The van der Waals surface area contributed by atoms with E-state index in [2.05, 4.69) is 6.92 Å². The fourth-order valence-electron chi connectivity index (χ4n) is 7.31. The van der Waals surface area contributed by atoms with E-state index in [0.717, 1.165) is 42.6 Å². The third kappa shape index (κ3) is 1.94. The summed E-state index contributed by atoms with van der Waals surface area (Å²) in [5.74, 6) is 0.985. The molecule has 4 aliphatic carbocycles. The van der Waals surface area contributed by atoms with Gasteiger partial charge in [0.1, 0.15) is 17.5 Å². The number of hydrogen-bond acceptors (Lipinski definition) is 5. The molecule has 5 rings (SSSR count). The Morgan fingerprint density at radius 2 is 2.07 bits per heavy atom. The van der Waals surface area contributed by atoms with Gasteiger partial charge in [-0.05, 0) is 66.7 Å². The minimum atomic E-state index is -1.24. The summed E-state index contributed by atoms with van der Waals surface area (Å²) in [5, 5.41) is 23.1. The van der Waals surface area contributed by atoms with Gasteiger partial charge in [0, 0.05) is 18.3 Å². The van der Waals surface area contributed by atoms with Crippen LogP contribution in [-0.2, 0) is 21.6 Å². The first kappa shape index (κ1) is 17.5. The molecule has 0 unspecified atom stereocenters. The number of carbonyl (C=O) groups is 1. The molecule has 0 aliphatic heterocycles. The molecule has 0 amide bonds. The number of methoxy groups -OCH3 is 1. The highest BCUT2D eigenvalue weighted by Crippen LogP contribution is 2.82. The zero-order valence-corrected chi connectivity index (χ0v) is 16.2. The monoisotopic (exact) mass is 372 g/mol. The van der Waals surface area contributed by atoms with Crippen LogP contribution in [-0.4, -0.2) is 35.5 Å². The van der Waals surface area contributed by atoms with Crippen LogP contribution in [0.4, 0.5) is 0 Å². The maximum absolute atomic E-state index is 11.9. The molecule has 146 valence electrons. The molecule has 0 heterocycles. The maximum Gasteiger partial charge on any atom is 0.302 e. The van der Waals surface area contributed by atoms with Crippen LogP contribution in [0.1, 0.15) is 50.7 Å². The molecule has 1 aromatic carbocycles. The minimum Gasteiger partial charge on any atom is -0.497 e. The smallest absolute Gasteiger partial charge is 0.302 e. The van der Waals surface area contributed by atoms with Gasteiger partial charge in [-0.2, -0.15) is 0 Å². The molecule has 3 saturated carbocycles. The molecule has 0 radical (unpaired) electrons. The van der Waals surface area contributed by atoms with Gasteiger partial charge in [-0.25, -0.2) is 0 Å². The van der Waals surface area contributed by atoms with Crippen molar-refractivity contribution in [1.82, 2.24) is 0 Å². The van der Waals surface area contributed by atoms with E-state index in [1.807, 2.05) is 18.2 Å². The third-order valence-corrected chi connectivity index (χ3v) is 8.46. The van der Waals surface area contributed by atoms with Gasteiger partial charge in [0.05, 0.1) is 13.2 Å². The summed E-state index contributed by atoms with van der Waals surface area (Å²) in [7, 11) is 1.64. The van der Waals surface area contributed by atoms with E-state index >= 15 is 0 Å². The van der Waals surface area contributed by atoms with E-state index in [1.54, 1.807) is 7.11 Å². The van der Waals surface area contributed by atoms with Crippen LogP contribution in [0.25, 0.3) is 0 Å². The standard InChI is InChI=1S/C22H28O5/c1-12(23)27-19-9-14-10-21(14)17-7-4-13-8-15(26-3)5-6-16(13)22(17,25)18(24)11-20(19,21)2/h5-6,8,14,17-19,24-25H,4,7,9-11H2,1-3H3/t14-,17-,18-,19+,20-,21+,22+/m1/s1. The predicted molar refractivity (Wildman–Crippen MR) is 98.1 cm³/mol. The number of ether oxygens (including phenoxy) is 2. The Bertz CT molecular complexity index is 821. The zero-order chi connectivity index (χ0) is 19.2. The largest absolute Gasteiger partial charge is 0.497 e. The lowest BCUT2D eigenvalue weighted by Crippen LogP contribution is -2.62. The Morgan fingerprint density at radius 1 is 1.30 bits per heavy atom. The van der Waals surface area contributed by atoms with E-state index in [4.69, 9.17) is 9.47 Å². The molecule has 0 saturated heterocycles. The van der Waals surface area contributed by atoms with Crippen LogP contribution >= 0.6 is 0 Å². The fraction of sp³-hybridized carbons (Fsp3) is 0.682. The van der Waals surface area contributed by atoms with E-state index in [-0.39, 0.29) is 28.8 Å². The Kier molecular flexibility index (Phi) is 3.41. The maximum atomic E-state index is 11.9. The van der Waals surface area contributed by atoms with Crippen molar-refractivity contribution in [2.75, 3.05) is 7.11 Å². The number of rotatable bonds is 2. The van der Waals surface area contributed by atoms with Gasteiger partial charge in [0.15, 0.2) is 0 Å². The van der Waals surface area contributed by atoms with Gasteiger partial charge >= 0.3 is 5.97 Å². The second-order valence-corrected chi connectivity index (χ2v) is 9.35. The molecular formula is C22H28O5. The van der Waals surface area contributed by atoms with Crippen LogP contribution in [0.3, 0.4) is 0 Å². The molecule has 0 bridgehead atoms. The summed E-state index contributed by atoms with van der Waals surface area (Å²) in [6.07, 6.45) is 3.05. The zero-order valence-electron chi connectivity index (χ0n) is 16.2. The first-order valence-corrected chi connectivity index (χ1v) is 10.0. The lowest BCUT2D eigenvalue weighted by Gasteiger charge is -2.58. The molecule has 1 spiro atoms. The number of aliphatic hydroxyl groups excluding tert-OH is 1. The third-order valence-electron chi connectivity index (χ3n) is 8.46. The van der Waals surface area contributed by atoms with Gasteiger partial charge < -0.3 is 19.7 Å². The normalized spacial score (nSPS) is 46.6. The average molecular weight is 372 g/mol. The first-order chi connectivity index (χ1) is 12.8. The van der Waals surface area contributed by atoms with Gasteiger partial charge in [-0.1, -0.05) is 13.0 Å². The van der Waals surface area contributed by atoms with Gasteiger partial charge in [-0.15, -0.1) is 0 Å². The Labute approximate surface area is 159 Å². The SMILES string of the molecule is COc1ccc2c(c1)CC[C@H]1[C@]2(O)[C@H](O)C[C@]2(C)[C@@H](OC(C)=O)C[C@@H]3C[C@]312. The van der Waals surface area contributed by atoms with Crippen LogP contribution in [0.15, 0.2) is 18.2 Å². The highest BCUT2D eigenvalue weighted by atomic mass is 16.5. The first-order valence-electron chi connectivity index (χ1n) is 10.0. The van der Waals surface area contributed by atoms with Crippen LogP contribution in [0.5, 0.6) is 5.75 Å². The van der Waals surface area contributed by atoms with Crippen molar-refractivity contribution in [2.45, 2.75) is 63.8 Å². The molecule has 2 N–H and O–H groups in total. The summed E-state index contributed by atoms with van der Waals surface area (Å²) >= 11 is 0. The highest BCUT2D eigenvalue weighted by Gasteiger charge is 2.81. The molecule has 4 aliphatic rings. The number of fused-ring (bicyclic) bond motifs is 3. The lowest BCUT2D eigenvalue weighted by molar-refractivity contribution is -0.226. The average Bonchev–Trinajstić information content (AvgIpc) is 3.29. The van der Waals surface area contributed by atoms with Crippen LogP contribution in [0.2, 0.25) is 0 Å². The Hall–Kier alpha value is -1.59. The van der Waals surface area contributed by atoms with Crippen molar-refractivity contribution in [1.29, 1.82) is 0 Å². The lowest BCUT2D eigenvalue weighted by atomic mass is 9.49. The fourth-order valence-corrected chi connectivity index (χ4v) is 7.31. The summed E-state index contributed by atoms with van der Waals surface area (Å²) < 4.78 is 11.0. The van der Waals surface area contributed by atoms with Crippen molar-refractivity contribution < 1.29 is 24.5 Å². The molecule has 0 aromatic heterocycles. The molecule has 27 heavy (non-hydrogen) atoms. The Balaban J connectivity index is 1.60. The molecule has 3 fully saturated rings. The summed E-state index contributed by atoms with van der Waals surface area (Å²) in [6, 6.07) is 5.79. The number of aryl methyl sites for hydroxylation is 1. The summed E-state index contributed by atoms with van der Waals surface area (Å²) in [6.45, 7) is 3.62. The summed E-state index contributed by atoms with van der Waals surface area (Å²) in [5.41, 5.74) is 0.366. The quantitative estimate of drug-likeness (QED) is 0.781. The molecule has 5 nitrogen and oxygen atoms in total. The number of carbonyl (C=O) groups excluding carboxylic acids is 1. The molecular weight excluding hydrogens is 344 g/mol. The molecule has 1 aromatic rings. The van der Waals surface area contributed by atoms with Crippen LogP contribution < -0.4 is 4.74 Å². The van der Waals surface area contributed by atoms with Gasteiger partial charge in [-0.3, -0.25) is 4.79 Å². The highest BCUT2D eigenvalue weighted by molar-refractivity contribution is 5.66. The van der Waals surface area contributed by atoms with Crippen LogP contribution in [0, 0.1) is 22.7 Å². The van der Waals surface area contributed by atoms with Crippen molar-refractivity contribution >= 4 is 5.97 Å². The van der Waals surface area contributed by atoms with Gasteiger partial charge in [0.2, 0.25) is 0 Å². The number of benzene rings is 1. The summed E-state index contributed by atoms with van der Waals surface area (Å²) in [4.78, 5) is 11.6. The van der Waals surface area contributed by atoms with E-state index < -0.39 is 11.7 Å². The minimum absolute atomic E-state index is 0.00907. The number of aliphatic hydroxyl groups is 2. The topological polar surface area (TPSA) is 76.0 Å². The number of esters is 1. The Morgan fingerprint density at radius 3 is 2.78 bits per heavy atom. The van der Waals surface area contributed by atoms with Crippen molar-refractivity contribution in [2.24, 2.45) is 22.7 Å². The van der Waals surface area contributed by atoms with Gasteiger partial charge in [0.25, 0.3) is 0 Å². The second kappa shape index (κ2) is 5.26. The molecule has 5 heteroatoms. The number of hydrogen-bond donors (Lipinski definition) is 2. The predicted octanol–water partition coefficient (Wildman–Crippen LogP) is 2.56. The van der Waals surface area contributed by atoms with Crippen molar-refractivity contribution in [3.8, 4) is 5.75 Å². The van der Waals surface area contributed by atoms with E-state index in [1.165, 1.54) is 6.92 Å². The van der Waals surface area contributed by atoms with E-state index in [0.29, 0.717) is 12.3 Å². The second-order valence-electron chi connectivity index (χ2n) is 9.35. The van der Waals surface area contributed by atoms with E-state index in [9.17, 15) is 15.0 Å². The van der Waals surface area contributed by atoms with Crippen molar-refractivity contribution in [3.05, 3.63) is 29.3 Å². The van der Waals surface area contributed by atoms with Crippen molar-refractivity contribution in [3.63, 3.8) is 0 Å². The molecule has 7 atom stereocenters.